The topological polar surface area (TPSA) is 139 Å². The van der Waals surface area contributed by atoms with Crippen LogP contribution >= 0.6 is 0 Å². The lowest BCUT2D eigenvalue weighted by Crippen LogP contribution is -2.13. The van der Waals surface area contributed by atoms with Crippen molar-refractivity contribution >= 4 is 23.0 Å². The minimum atomic E-state index is -0.932. The van der Waals surface area contributed by atoms with Gasteiger partial charge < -0.3 is 5.32 Å². The summed E-state index contributed by atoms with van der Waals surface area (Å²) in [6.45, 7) is 0. The minimum Gasteiger partial charge on any atom is -0.321 e. The van der Waals surface area contributed by atoms with E-state index >= 15 is 0 Å². The van der Waals surface area contributed by atoms with Gasteiger partial charge in [0.05, 0.1) is 21.1 Å². The Morgan fingerprint density at radius 1 is 1.04 bits per heavy atom. The van der Waals surface area contributed by atoms with Crippen LogP contribution in [0.25, 0.3) is 0 Å². The molecule has 23 heavy (non-hydrogen) atoms. The molecule has 0 aromatic heterocycles. The van der Waals surface area contributed by atoms with Crippen molar-refractivity contribution in [2.24, 2.45) is 0 Å². The number of nitro groups is 2. The number of hydrogen-bond donors (Lipinski definition) is 1. The Kier molecular flexibility index (Phi) is 4.28. The minimum absolute atomic E-state index is 0.130. The lowest BCUT2D eigenvalue weighted by Gasteiger charge is -2.06. The summed E-state index contributed by atoms with van der Waals surface area (Å²) >= 11 is 0. The summed E-state index contributed by atoms with van der Waals surface area (Å²) < 4.78 is 0. The molecule has 9 nitrogen and oxygen atoms in total. The summed E-state index contributed by atoms with van der Waals surface area (Å²) in [5.41, 5.74) is -1.16. The molecule has 9 heteroatoms. The first kappa shape index (κ1) is 15.6. The first-order valence-electron chi connectivity index (χ1n) is 6.17. The highest BCUT2D eigenvalue weighted by Crippen LogP contribution is 2.28. The van der Waals surface area contributed by atoms with Crippen LogP contribution in [0.4, 0.5) is 17.1 Å². The van der Waals surface area contributed by atoms with Crippen LogP contribution in [0, 0.1) is 31.6 Å². The van der Waals surface area contributed by atoms with E-state index in [1.807, 2.05) is 6.07 Å². The Labute approximate surface area is 129 Å². The van der Waals surface area contributed by atoms with Crippen LogP contribution in [0.2, 0.25) is 0 Å². The van der Waals surface area contributed by atoms with Crippen LogP contribution in [-0.2, 0) is 0 Å². The fourth-order valence-corrected chi connectivity index (χ4v) is 1.85. The molecule has 0 spiro atoms. The summed E-state index contributed by atoms with van der Waals surface area (Å²) in [4.78, 5) is 31.9. The van der Waals surface area contributed by atoms with Gasteiger partial charge in [0.1, 0.15) is 6.07 Å². The Morgan fingerprint density at radius 2 is 1.70 bits per heavy atom. The van der Waals surface area contributed by atoms with Gasteiger partial charge in [0, 0.05) is 17.7 Å². The van der Waals surface area contributed by atoms with Gasteiger partial charge in [-0.1, -0.05) is 12.1 Å². The molecule has 0 bridgehead atoms. The second kappa shape index (κ2) is 6.31. The highest BCUT2D eigenvalue weighted by Gasteiger charge is 2.25. The van der Waals surface area contributed by atoms with Crippen molar-refractivity contribution in [3.63, 3.8) is 0 Å². The van der Waals surface area contributed by atoms with E-state index in [-0.39, 0.29) is 16.8 Å². The van der Waals surface area contributed by atoms with Gasteiger partial charge in [0.15, 0.2) is 0 Å². The first-order chi connectivity index (χ1) is 10.9. The molecule has 1 amide bonds. The summed E-state index contributed by atoms with van der Waals surface area (Å²) in [7, 11) is 0. The normalized spacial score (nSPS) is 9.70. The molecule has 114 valence electrons. The van der Waals surface area contributed by atoms with Crippen molar-refractivity contribution in [3.8, 4) is 6.07 Å². The van der Waals surface area contributed by atoms with Crippen LogP contribution in [0.3, 0.4) is 0 Å². The third kappa shape index (κ3) is 3.27. The van der Waals surface area contributed by atoms with E-state index in [4.69, 9.17) is 5.26 Å². The van der Waals surface area contributed by atoms with E-state index in [0.29, 0.717) is 0 Å². The summed E-state index contributed by atoms with van der Waals surface area (Å²) in [5, 5.41) is 33.0. The lowest BCUT2D eigenvalue weighted by atomic mass is 10.1. The molecule has 0 saturated carbocycles. The molecule has 1 N–H and O–H groups in total. The predicted molar refractivity (Wildman–Crippen MR) is 78.9 cm³/mol. The van der Waals surface area contributed by atoms with Crippen molar-refractivity contribution in [2.45, 2.75) is 0 Å². The molecule has 2 aromatic rings. The molecular formula is C14H8N4O5. The Hall–Kier alpha value is -3.80. The quantitative estimate of drug-likeness (QED) is 0.679. The number of nitrogens with zero attached hydrogens (tertiary/aromatic N) is 3. The van der Waals surface area contributed by atoms with Gasteiger partial charge in [-0.15, -0.1) is 0 Å². The molecule has 0 atom stereocenters. The monoisotopic (exact) mass is 312 g/mol. The summed E-state index contributed by atoms with van der Waals surface area (Å²) in [5.74, 6) is -0.717. The number of carbonyl (C=O) groups excluding carboxylic acids is 1. The number of nitriles is 1. The fourth-order valence-electron chi connectivity index (χ4n) is 1.85. The number of rotatable bonds is 4. The van der Waals surface area contributed by atoms with E-state index < -0.39 is 27.1 Å². The van der Waals surface area contributed by atoms with Crippen LogP contribution in [0.1, 0.15) is 15.9 Å². The fraction of sp³-hybridized carbons (Fsp3) is 0. The zero-order valence-corrected chi connectivity index (χ0v) is 11.4. The van der Waals surface area contributed by atoms with Crippen molar-refractivity contribution in [1.82, 2.24) is 0 Å². The Bertz CT molecular complexity index is 856. The van der Waals surface area contributed by atoms with E-state index in [1.54, 1.807) is 12.1 Å². The zero-order valence-electron chi connectivity index (χ0n) is 11.4. The maximum absolute atomic E-state index is 12.1. The molecule has 0 heterocycles. The number of nitro benzene ring substituents is 2. The third-order valence-electron chi connectivity index (χ3n) is 2.93. The molecule has 0 unspecified atom stereocenters. The van der Waals surface area contributed by atoms with Gasteiger partial charge in [-0.25, -0.2) is 0 Å². The average Bonchev–Trinajstić information content (AvgIpc) is 2.54. The Morgan fingerprint density at radius 3 is 2.30 bits per heavy atom. The predicted octanol–water partition coefficient (Wildman–Crippen LogP) is 2.63. The van der Waals surface area contributed by atoms with Gasteiger partial charge in [-0.05, 0) is 18.2 Å². The smallest absolute Gasteiger partial charge is 0.321 e. The third-order valence-corrected chi connectivity index (χ3v) is 2.93. The number of anilines is 1. The Balaban J connectivity index is 2.37. The number of hydrogen-bond acceptors (Lipinski definition) is 6. The van der Waals surface area contributed by atoms with Crippen molar-refractivity contribution in [2.75, 3.05) is 5.32 Å². The second-order valence-corrected chi connectivity index (χ2v) is 4.33. The first-order valence-corrected chi connectivity index (χ1v) is 6.17. The molecule has 2 rings (SSSR count). The van der Waals surface area contributed by atoms with E-state index in [0.717, 1.165) is 18.2 Å². The highest BCUT2D eigenvalue weighted by molar-refractivity contribution is 6.05. The standard InChI is InChI=1S/C14H8N4O5/c15-8-10-3-1-2-4-11(10)16-14(19)9-5-6-12(17(20)21)13(7-9)18(22)23/h1-7H,(H,16,19). The average molecular weight is 312 g/mol. The molecule has 0 fully saturated rings. The number of carbonyl (C=O) groups is 1. The van der Waals surface area contributed by atoms with Crippen LogP contribution in [0.5, 0.6) is 0 Å². The van der Waals surface area contributed by atoms with Crippen molar-refractivity contribution in [1.29, 1.82) is 5.26 Å². The lowest BCUT2D eigenvalue weighted by molar-refractivity contribution is -0.422. The number of benzene rings is 2. The summed E-state index contributed by atoms with van der Waals surface area (Å²) in [6, 6.07) is 10.9. The largest absolute Gasteiger partial charge is 0.346 e. The van der Waals surface area contributed by atoms with Crippen LogP contribution in [0.15, 0.2) is 42.5 Å². The molecule has 0 aliphatic rings. The van der Waals surface area contributed by atoms with Crippen molar-refractivity contribution in [3.05, 3.63) is 73.8 Å². The molecule has 0 saturated heterocycles. The van der Waals surface area contributed by atoms with Gasteiger partial charge in [0.2, 0.25) is 0 Å². The van der Waals surface area contributed by atoms with Crippen LogP contribution in [-0.4, -0.2) is 15.8 Å². The van der Waals surface area contributed by atoms with Crippen molar-refractivity contribution < 1.29 is 14.6 Å². The van der Waals surface area contributed by atoms with E-state index in [9.17, 15) is 25.0 Å². The highest BCUT2D eigenvalue weighted by atomic mass is 16.6. The van der Waals surface area contributed by atoms with Gasteiger partial charge >= 0.3 is 11.4 Å². The summed E-state index contributed by atoms with van der Waals surface area (Å²) in [6.07, 6.45) is 0. The van der Waals surface area contributed by atoms with Gasteiger partial charge in [0.25, 0.3) is 5.91 Å². The molecular weight excluding hydrogens is 304 g/mol. The van der Waals surface area contributed by atoms with E-state index in [1.165, 1.54) is 12.1 Å². The van der Waals surface area contributed by atoms with Crippen LogP contribution < -0.4 is 5.32 Å². The number of amides is 1. The van der Waals surface area contributed by atoms with Gasteiger partial charge in [-0.3, -0.25) is 25.0 Å². The maximum Gasteiger partial charge on any atom is 0.346 e. The zero-order chi connectivity index (χ0) is 17.0. The van der Waals surface area contributed by atoms with Gasteiger partial charge in [-0.2, -0.15) is 5.26 Å². The number of nitrogens with one attached hydrogen (secondary N) is 1. The SMILES string of the molecule is N#Cc1ccccc1NC(=O)c1ccc([N+](=O)[O-])c([N+](=O)[O-])c1. The molecule has 0 aliphatic heterocycles. The maximum atomic E-state index is 12.1. The van der Waals surface area contributed by atoms with E-state index in [2.05, 4.69) is 5.32 Å². The molecule has 0 radical (unpaired) electrons. The second-order valence-electron chi connectivity index (χ2n) is 4.33. The molecule has 0 aliphatic carbocycles. The number of para-hydroxylation sites is 1. The molecule has 2 aromatic carbocycles.